The van der Waals surface area contributed by atoms with E-state index in [4.69, 9.17) is 28.4 Å². The smallest absolute Gasteiger partial charge is 0.338 e. The first-order chi connectivity index (χ1) is 23.3. The fraction of sp³-hybridized carbons (Fsp3) is 0.718. The van der Waals surface area contributed by atoms with Crippen molar-refractivity contribution in [2.75, 3.05) is 13.7 Å². The Hall–Kier alpha value is -2.95. The summed E-state index contributed by atoms with van der Waals surface area (Å²) in [6.07, 6.45) is 7.91. The monoisotopic (exact) mass is 680 g/mol. The Balaban J connectivity index is 1.01. The van der Waals surface area contributed by atoms with Gasteiger partial charge in [0.1, 0.15) is 18.5 Å². The van der Waals surface area contributed by atoms with Gasteiger partial charge >= 0.3 is 17.9 Å². The molecular weight excluding hydrogens is 628 g/mol. The molecule has 2 aliphatic heterocycles. The molecule has 1 aromatic carbocycles. The van der Waals surface area contributed by atoms with Gasteiger partial charge in [-0.2, -0.15) is 0 Å². The van der Waals surface area contributed by atoms with Gasteiger partial charge in [-0.15, -0.1) is 0 Å². The molecule has 10 heteroatoms. The number of ether oxygens (including phenoxy) is 6. The van der Waals surface area contributed by atoms with Crippen LogP contribution in [0, 0.1) is 34.5 Å². The second-order valence-corrected chi connectivity index (χ2v) is 16.1. The number of rotatable bonds is 7. The third-order valence-corrected chi connectivity index (χ3v) is 13.8. The van der Waals surface area contributed by atoms with Gasteiger partial charge in [-0.3, -0.25) is 4.79 Å². The normalized spacial score (nSPS) is 42.9. The molecule has 49 heavy (non-hydrogen) atoms. The standard InChI is InChI=1S/C39H52O10/c1-22-35(47-23(2)40)32(49-36(42)24-6-9-27(44-5)10-7-24)20-34(46-22)48-28-12-15-37(3)26(19-28)8-11-31-30(37)13-16-38(4)29(14-17-39(31,38)43)25-18-33(41)45-21-25/h6-7,9-10,18,22,26,28-32,34-35,43H,8,11-17,19-21H2,1-5H3/t22-,26-,28+,29-,30+,31-,32+,34+,35-,37+,38-,39+/m1/s1. The topological polar surface area (TPSA) is 127 Å². The molecule has 10 nitrogen and oxygen atoms in total. The van der Waals surface area contributed by atoms with E-state index in [0.717, 1.165) is 63.4 Å². The Labute approximate surface area is 289 Å². The Morgan fingerprint density at radius 2 is 1.71 bits per heavy atom. The van der Waals surface area contributed by atoms with Crippen LogP contribution in [-0.4, -0.2) is 73.0 Å². The third-order valence-electron chi connectivity index (χ3n) is 13.8. The Morgan fingerprint density at radius 1 is 0.939 bits per heavy atom. The van der Waals surface area contributed by atoms with Crippen LogP contribution in [0.2, 0.25) is 0 Å². The highest BCUT2D eigenvalue weighted by Gasteiger charge is 2.67. The van der Waals surface area contributed by atoms with Crippen molar-refractivity contribution in [3.8, 4) is 5.75 Å². The van der Waals surface area contributed by atoms with Gasteiger partial charge in [0, 0.05) is 24.8 Å². The van der Waals surface area contributed by atoms with Gasteiger partial charge in [0.2, 0.25) is 0 Å². The van der Waals surface area contributed by atoms with E-state index in [1.54, 1.807) is 37.5 Å². The number of carbonyl (C=O) groups excluding carboxylic acids is 3. The molecule has 0 spiro atoms. The fourth-order valence-electron chi connectivity index (χ4n) is 11.2. The summed E-state index contributed by atoms with van der Waals surface area (Å²) >= 11 is 0. The average molecular weight is 681 g/mol. The minimum Gasteiger partial charge on any atom is -0.497 e. The summed E-state index contributed by atoms with van der Waals surface area (Å²) in [7, 11) is 1.56. The summed E-state index contributed by atoms with van der Waals surface area (Å²) in [6.45, 7) is 8.24. The number of esters is 3. The van der Waals surface area contributed by atoms with Crippen molar-refractivity contribution in [2.24, 2.45) is 34.5 Å². The van der Waals surface area contributed by atoms with Crippen LogP contribution in [0.25, 0.3) is 0 Å². The molecule has 7 rings (SSSR count). The average Bonchev–Trinajstić information content (AvgIpc) is 3.62. The number of fused-ring (bicyclic) bond motifs is 5. The van der Waals surface area contributed by atoms with Crippen molar-refractivity contribution in [2.45, 2.75) is 128 Å². The van der Waals surface area contributed by atoms with Gasteiger partial charge in [0.15, 0.2) is 12.4 Å². The molecule has 0 radical (unpaired) electrons. The van der Waals surface area contributed by atoms with Gasteiger partial charge in [-0.25, -0.2) is 9.59 Å². The quantitative estimate of drug-likeness (QED) is 0.210. The number of cyclic esters (lactones) is 1. The van der Waals surface area contributed by atoms with Crippen molar-refractivity contribution in [1.82, 2.24) is 0 Å². The number of methoxy groups -OCH3 is 1. The molecule has 4 saturated carbocycles. The molecule has 1 N–H and O–H groups in total. The van der Waals surface area contributed by atoms with Crippen LogP contribution in [0.4, 0.5) is 0 Å². The van der Waals surface area contributed by atoms with Crippen LogP contribution in [0.15, 0.2) is 35.9 Å². The molecule has 2 heterocycles. The predicted octanol–water partition coefficient (Wildman–Crippen LogP) is 5.93. The minimum absolute atomic E-state index is 0.00492. The molecule has 4 aliphatic carbocycles. The summed E-state index contributed by atoms with van der Waals surface area (Å²) in [6, 6.07) is 6.69. The van der Waals surface area contributed by atoms with Crippen molar-refractivity contribution < 1.29 is 47.9 Å². The van der Waals surface area contributed by atoms with E-state index in [0.29, 0.717) is 29.8 Å². The predicted molar refractivity (Wildman–Crippen MR) is 177 cm³/mol. The molecule has 0 bridgehead atoms. The Kier molecular flexibility index (Phi) is 9.14. The first-order valence-corrected chi connectivity index (χ1v) is 18.3. The maximum Gasteiger partial charge on any atom is 0.338 e. The molecule has 12 atom stereocenters. The maximum atomic E-state index is 13.1. The van der Waals surface area contributed by atoms with E-state index in [-0.39, 0.29) is 41.2 Å². The summed E-state index contributed by atoms with van der Waals surface area (Å²) < 4.78 is 34.9. The van der Waals surface area contributed by atoms with Crippen LogP contribution in [0.1, 0.15) is 102 Å². The van der Waals surface area contributed by atoms with Crippen LogP contribution in [0.5, 0.6) is 5.75 Å². The SMILES string of the molecule is COc1ccc(C(=O)O[C@H]2C[C@H](O[C@H]3CC[C@@]4(C)[C@H](CC[C@@H]5[C@@H]4CC[C@]4(C)[C@@H](C6=CC(=O)OC6)CC[C@]54O)C3)O[C@H](C)[C@H]2OC(C)=O)cc1. The van der Waals surface area contributed by atoms with E-state index in [1.807, 2.05) is 6.92 Å². The van der Waals surface area contributed by atoms with Gasteiger partial charge in [0.25, 0.3) is 0 Å². The first kappa shape index (κ1) is 34.5. The van der Waals surface area contributed by atoms with Gasteiger partial charge in [0.05, 0.1) is 30.5 Å². The summed E-state index contributed by atoms with van der Waals surface area (Å²) in [5.41, 5.74) is 0.569. The molecule has 0 aromatic heterocycles. The number of benzene rings is 1. The van der Waals surface area contributed by atoms with Crippen molar-refractivity contribution in [3.05, 3.63) is 41.5 Å². The van der Waals surface area contributed by atoms with Gasteiger partial charge < -0.3 is 33.5 Å². The van der Waals surface area contributed by atoms with Crippen LogP contribution < -0.4 is 4.74 Å². The number of hydrogen-bond acceptors (Lipinski definition) is 10. The highest BCUT2D eigenvalue weighted by molar-refractivity contribution is 5.89. The first-order valence-electron chi connectivity index (χ1n) is 18.3. The third kappa shape index (κ3) is 5.99. The lowest BCUT2D eigenvalue weighted by atomic mass is 9.43. The van der Waals surface area contributed by atoms with E-state index >= 15 is 0 Å². The zero-order chi connectivity index (χ0) is 34.7. The van der Waals surface area contributed by atoms with Crippen LogP contribution >= 0.6 is 0 Å². The summed E-state index contributed by atoms with van der Waals surface area (Å²) in [5, 5.41) is 12.6. The lowest BCUT2D eigenvalue weighted by Crippen LogP contribution is -2.62. The summed E-state index contributed by atoms with van der Waals surface area (Å²) in [4.78, 5) is 37.0. The van der Waals surface area contributed by atoms with Crippen molar-refractivity contribution in [3.63, 3.8) is 0 Å². The molecule has 0 amide bonds. The van der Waals surface area contributed by atoms with Crippen molar-refractivity contribution >= 4 is 17.9 Å². The highest BCUT2D eigenvalue weighted by atomic mass is 16.7. The second kappa shape index (κ2) is 13.0. The molecule has 1 saturated heterocycles. The number of aliphatic hydroxyl groups is 1. The van der Waals surface area contributed by atoms with Gasteiger partial charge in [-0.1, -0.05) is 13.8 Å². The van der Waals surface area contributed by atoms with E-state index in [9.17, 15) is 19.5 Å². The van der Waals surface area contributed by atoms with Crippen LogP contribution in [0.3, 0.4) is 0 Å². The lowest BCUT2D eigenvalue weighted by Gasteiger charge is -2.64. The van der Waals surface area contributed by atoms with E-state index < -0.39 is 42.1 Å². The number of carbonyl (C=O) groups is 3. The van der Waals surface area contributed by atoms with Crippen molar-refractivity contribution in [1.29, 1.82) is 0 Å². The fourth-order valence-corrected chi connectivity index (χ4v) is 11.2. The zero-order valence-electron chi connectivity index (χ0n) is 29.5. The van der Waals surface area contributed by atoms with Gasteiger partial charge in [-0.05, 0) is 124 Å². The maximum absolute atomic E-state index is 13.1. The Bertz CT molecular complexity index is 1470. The molecule has 1 aromatic rings. The second-order valence-electron chi connectivity index (χ2n) is 16.1. The largest absolute Gasteiger partial charge is 0.497 e. The zero-order valence-corrected chi connectivity index (χ0v) is 29.5. The minimum atomic E-state index is -0.750. The highest BCUT2D eigenvalue weighted by Crippen LogP contribution is 2.70. The molecule has 268 valence electrons. The van der Waals surface area contributed by atoms with E-state index in [2.05, 4.69) is 13.8 Å². The molecule has 6 aliphatic rings. The lowest BCUT2D eigenvalue weighted by molar-refractivity contribution is -0.273. The number of hydrogen-bond donors (Lipinski definition) is 1. The molecular formula is C39H52O10. The Morgan fingerprint density at radius 3 is 2.41 bits per heavy atom. The van der Waals surface area contributed by atoms with Crippen LogP contribution in [-0.2, 0) is 33.3 Å². The molecule has 5 fully saturated rings. The van der Waals surface area contributed by atoms with E-state index in [1.165, 1.54) is 6.92 Å². The molecule has 0 unspecified atom stereocenters. The summed E-state index contributed by atoms with van der Waals surface area (Å²) in [5.74, 6) is 0.758.